The minimum absolute atomic E-state index is 0. The van der Waals surface area contributed by atoms with Gasteiger partial charge in [-0.3, -0.25) is 0 Å². The van der Waals surface area contributed by atoms with Crippen molar-refractivity contribution < 1.29 is 9.26 Å². The molecule has 1 aromatic heterocycles. The first-order valence-electron chi connectivity index (χ1n) is 7.29. The second kappa shape index (κ2) is 9.85. The number of nitrogens with one attached hydrogen (secondary N) is 1. The lowest BCUT2D eigenvalue weighted by molar-refractivity contribution is 0.109. The quantitative estimate of drug-likeness (QED) is 0.821. The van der Waals surface area contributed by atoms with Crippen molar-refractivity contribution in [3.8, 4) is 11.4 Å². The number of benzene rings is 1. The fraction of sp³-hybridized carbons (Fsp3) is 0.467. The van der Waals surface area contributed by atoms with Crippen LogP contribution in [-0.4, -0.2) is 29.4 Å². The van der Waals surface area contributed by atoms with Crippen LogP contribution in [0.2, 0.25) is 0 Å². The molecule has 2 aromatic rings. The fourth-order valence-corrected chi connectivity index (χ4v) is 2.38. The number of nitrogens with zero attached hydrogens (tertiary/aromatic N) is 2. The van der Waals surface area contributed by atoms with Crippen LogP contribution in [0.25, 0.3) is 11.4 Å². The Bertz CT molecular complexity index is 571. The van der Waals surface area contributed by atoms with Gasteiger partial charge in [-0.15, -0.1) is 24.8 Å². The Hall–Kier alpha value is -1.18. The van der Waals surface area contributed by atoms with Gasteiger partial charge >= 0.3 is 0 Å². The highest BCUT2D eigenvalue weighted by Gasteiger charge is 2.15. The third kappa shape index (κ3) is 5.44. The Balaban J connectivity index is 0.00000132. The van der Waals surface area contributed by atoms with Crippen LogP contribution in [0.4, 0.5) is 0 Å². The van der Waals surface area contributed by atoms with Crippen LogP contribution in [0.3, 0.4) is 0 Å². The average Bonchev–Trinajstić information content (AvgIpc) is 3.19. The Morgan fingerprint density at radius 2 is 2.00 bits per heavy atom. The summed E-state index contributed by atoms with van der Waals surface area (Å²) in [6.45, 7) is 2.79. The van der Waals surface area contributed by atoms with E-state index in [-0.39, 0.29) is 24.8 Å². The Morgan fingerprint density at radius 3 is 2.65 bits per heavy atom. The van der Waals surface area contributed by atoms with Crippen molar-refractivity contribution >= 4 is 24.8 Å². The van der Waals surface area contributed by atoms with E-state index in [0.29, 0.717) is 30.9 Å². The van der Waals surface area contributed by atoms with E-state index in [1.165, 1.54) is 0 Å². The van der Waals surface area contributed by atoms with Crippen molar-refractivity contribution in [2.75, 3.05) is 13.2 Å². The van der Waals surface area contributed by atoms with Gasteiger partial charge < -0.3 is 20.3 Å². The number of hydrogen-bond acceptors (Lipinski definition) is 6. The lowest BCUT2D eigenvalue weighted by Crippen LogP contribution is -2.25. The van der Waals surface area contributed by atoms with Gasteiger partial charge in [-0.25, -0.2) is 0 Å². The van der Waals surface area contributed by atoms with Gasteiger partial charge in [-0.2, -0.15) is 4.98 Å². The molecule has 0 bridgehead atoms. The monoisotopic (exact) mass is 360 g/mol. The molecule has 1 atom stereocenters. The summed E-state index contributed by atoms with van der Waals surface area (Å²) in [5.74, 6) is 1.19. The Kier molecular flexibility index (Phi) is 8.51. The van der Waals surface area contributed by atoms with Crippen LogP contribution >= 0.6 is 24.8 Å². The van der Waals surface area contributed by atoms with Crippen LogP contribution in [0.15, 0.2) is 28.8 Å². The van der Waals surface area contributed by atoms with Crippen molar-refractivity contribution in [1.82, 2.24) is 15.5 Å². The van der Waals surface area contributed by atoms with Gasteiger partial charge in [-0.05, 0) is 18.4 Å². The number of hydrogen-bond donors (Lipinski definition) is 2. The van der Waals surface area contributed by atoms with E-state index in [1.807, 2.05) is 24.3 Å². The lowest BCUT2D eigenvalue weighted by atomic mass is 10.1. The maximum Gasteiger partial charge on any atom is 0.240 e. The van der Waals surface area contributed by atoms with Crippen LogP contribution in [0.5, 0.6) is 0 Å². The maximum atomic E-state index is 5.58. The van der Waals surface area contributed by atoms with Gasteiger partial charge in [0.05, 0.1) is 12.6 Å². The molecule has 1 aliphatic rings. The minimum Gasteiger partial charge on any atom is -0.377 e. The summed E-state index contributed by atoms with van der Waals surface area (Å²) < 4.78 is 10.8. The Morgan fingerprint density at radius 1 is 1.22 bits per heavy atom. The summed E-state index contributed by atoms with van der Waals surface area (Å²) in [7, 11) is 0. The lowest BCUT2D eigenvalue weighted by Gasteiger charge is -2.08. The van der Waals surface area contributed by atoms with E-state index in [2.05, 4.69) is 15.5 Å². The van der Waals surface area contributed by atoms with Gasteiger partial charge in [0.1, 0.15) is 0 Å². The zero-order valence-corrected chi connectivity index (χ0v) is 14.4. The molecule has 0 radical (unpaired) electrons. The first kappa shape index (κ1) is 19.9. The zero-order valence-electron chi connectivity index (χ0n) is 12.7. The van der Waals surface area contributed by atoms with Crippen molar-refractivity contribution in [3.05, 3.63) is 35.7 Å². The smallest absolute Gasteiger partial charge is 0.240 e. The highest BCUT2D eigenvalue weighted by atomic mass is 35.5. The van der Waals surface area contributed by atoms with E-state index in [0.717, 1.165) is 37.1 Å². The van der Waals surface area contributed by atoms with Crippen molar-refractivity contribution in [2.24, 2.45) is 5.73 Å². The SMILES string of the molecule is Cl.Cl.NCc1ccc(-c2noc(CNCC3CCCO3)n2)cc1. The predicted octanol–water partition coefficient (Wildman–Crippen LogP) is 2.31. The van der Waals surface area contributed by atoms with Crippen molar-refractivity contribution in [3.63, 3.8) is 0 Å². The maximum absolute atomic E-state index is 5.58. The number of halogens is 2. The van der Waals surface area contributed by atoms with Gasteiger partial charge in [-0.1, -0.05) is 29.4 Å². The molecule has 2 heterocycles. The van der Waals surface area contributed by atoms with Gasteiger partial charge in [0.2, 0.25) is 11.7 Å². The molecule has 3 rings (SSSR count). The standard InChI is InChI=1S/C15H20N4O2.2ClH/c16-8-11-3-5-12(6-4-11)15-18-14(21-19-15)10-17-9-13-2-1-7-20-13;;/h3-6,13,17H,1-2,7-10,16H2;2*1H. The van der Waals surface area contributed by atoms with E-state index in [4.69, 9.17) is 15.0 Å². The van der Waals surface area contributed by atoms with Crippen molar-refractivity contribution in [1.29, 1.82) is 0 Å². The second-order valence-corrected chi connectivity index (χ2v) is 5.18. The third-order valence-corrected chi connectivity index (χ3v) is 3.59. The second-order valence-electron chi connectivity index (χ2n) is 5.18. The molecule has 128 valence electrons. The third-order valence-electron chi connectivity index (χ3n) is 3.59. The molecular formula is C15H22Cl2N4O2. The molecule has 23 heavy (non-hydrogen) atoms. The first-order valence-corrected chi connectivity index (χ1v) is 7.29. The summed E-state index contributed by atoms with van der Waals surface area (Å²) in [6.07, 6.45) is 2.59. The molecule has 8 heteroatoms. The van der Waals surface area contributed by atoms with Crippen LogP contribution in [-0.2, 0) is 17.8 Å². The van der Waals surface area contributed by atoms with Crippen LogP contribution < -0.4 is 11.1 Å². The number of nitrogens with two attached hydrogens (primary N) is 1. The molecule has 0 amide bonds. The summed E-state index contributed by atoms with van der Waals surface area (Å²) in [4.78, 5) is 4.39. The zero-order chi connectivity index (χ0) is 14.5. The topological polar surface area (TPSA) is 86.2 Å². The first-order chi connectivity index (χ1) is 10.3. The minimum atomic E-state index is 0. The predicted molar refractivity (Wildman–Crippen MR) is 92.8 cm³/mol. The summed E-state index contributed by atoms with van der Waals surface area (Å²) in [5, 5.41) is 7.29. The molecule has 0 saturated carbocycles. The van der Waals surface area contributed by atoms with Crippen LogP contribution in [0.1, 0.15) is 24.3 Å². The largest absolute Gasteiger partial charge is 0.377 e. The van der Waals surface area contributed by atoms with Crippen LogP contribution in [0, 0.1) is 0 Å². The molecule has 1 saturated heterocycles. The highest BCUT2D eigenvalue weighted by Crippen LogP contribution is 2.16. The normalized spacial score (nSPS) is 16.7. The van der Waals surface area contributed by atoms with Gasteiger partial charge in [0.15, 0.2) is 0 Å². The number of aromatic nitrogens is 2. The average molecular weight is 361 g/mol. The number of rotatable bonds is 6. The number of ether oxygens (including phenoxy) is 1. The van der Waals surface area contributed by atoms with Gasteiger partial charge in [0.25, 0.3) is 0 Å². The van der Waals surface area contributed by atoms with Gasteiger partial charge in [0, 0.05) is 25.3 Å². The molecule has 3 N–H and O–H groups in total. The molecule has 0 aliphatic carbocycles. The molecule has 6 nitrogen and oxygen atoms in total. The Labute approximate surface area is 148 Å². The molecular weight excluding hydrogens is 339 g/mol. The van der Waals surface area contributed by atoms with E-state index < -0.39 is 0 Å². The summed E-state index contributed by atoms with van der Waals surface area (Å²) in [5.41, 5.74) is 7.60. The highest BCUT2D eigenvalue weighted by molar-refractivity contribution is 5.85. The van der Waals surface area contributed by atoms with E-state index >= 15 is 0 Å². The molecule has 1 aliphatic heterocycles. The summed E-state index contributed by atoms with van der Waals surface area (Å²) >= 11 is 0. The molecule has 0 spiro atoms. The molecule has 1 unspecified atom stereocenters. The fourth-order valence-electron chi connectivity index (χ4n) is 2.38. The van der Waals surface area contributed by atoms with E-state index in [1.54, 1.807) is 0 Å². The summed E-state index contributed by atoms with van der Waals surface area (Å²) in [6, 6.07) is 7.86. The van der Waals surface area contributed by atoms with E-state index in [9.17, 15) is 0 Å². The molecule has 1 aromatic carbocycles. The van der Waals surface area contributed by atoms with Crippen molar-refractivity contribution in [2.45, 2.75) is 32.0 Å². The molecule has 1 fully saturated rings.